The van der Waals surface area contributed by atoms with E-state index >= 15 is 0 Å². The predicted octanol–water partition coefficient (Wildman–Crippen LogP) is 3.72. The van der Waals surface area contributed by atoms with Crippen molar-refractivity contribution in [2.24, 2.45) is 0 Å². The third-order valence-electron chi connectivity index (χ3n) is 2.18. The summed E-state index contributed by atoms with van der Waals surface area (Å²) < 4.78 is 19.5. The van der Waals surface area contributed by atoms with Crippen LogP contribution in [0.3, 0.4) is 0 Å². The lowest BCUT2D eigenvalue weighted by Gasteiger charge is -2.09. The topological polar surface area (TPSA) is 29.5 Å². The molecule has 1 aromatic carbocycles. The minimum absolute atomic E-state index is 0.235. The van der Waals surface area contributed by atoms with Crippen molar-refractivity contribution in [3.05, 3.63) is 50.4 Å². The number of ether oxygens (including phenoxy) is 1. The molecule has 0 atom stereocenters. The highest BCUT2D eigenvalue weighted by molar-refractivity contribution is 9.10. The lowest BCUT2D eigenvalue weighted by molar-refractivity contribution is 0.259. The Kier molecular flexibility index (Phi) is 4.15. The molecule has 0 saturated carbocycles. The molecule has 17 heavy (non-hydrogen) atoms. The van der Waals surface area contributed by atoms with Crippen LogP contribution in [0.5, 0.6) is 5.75 Å². The van der Waals surface area contributed by atoms with Crippen LogP contribution in [-0.4, -0.2) is 5.11 Å². The number of thiophene rings is 1. The number of benzene rings is 1. The molecule has 0 radical (unpaired) electrons. The molecule has 0 fully saturated rings. The zero-order valence-corrected chi connectivity index (χ0v) is 11.2. The third-order valence-corrected chi connectivity index (χ3v) is 3.86. The van der Waals surface area contributed by atoms with E-state index in [-0.39, 0.29) is 12.4 Å². The second kappa shape index (κ2) is 5.62. The van der Waals surface area contributed by atoms with Crippen molar-refractivity contribution < 1.29 is 14.2 Å². The quantitative estimate of drug-likeness (QED) is 0.931. The smallest absolute Gasteiger partial charge is 0.125 e. The minimum atomic E-state index is -0.375. The fourth-order valence-corrected chi connectivity index (χ4v) is 2.75. The van der Waals surface area contributed by atoms with E-state index in [9.17, 15) is 4.39 Å². The van der Waals surface area contributed by atoms with E-state index < -0.39 is 0 Å². The lowest BCUT2D eigenvalue weighted by Crippen LogP contribution is -1.97. The average molecular weight is 317 g/mol. The zero-order valence-electron chi connectivity index (χ0n) is 8.82. The van der Waals surface area contributed by atoms with Crippen LogP contribution in [0.4, 0.5) is 4.39 Å². The van der Waals surface area contributed by atoms with Gasteiger partial charge in [-0.2, -0.15) is 0 Å². The maximum atomic E-state index is 12.9. The standard InChI is InChI=1S/C12H10BrFO2S/c13-9-4-11(17-7-9)6-16-12-2-1-10(14)3-8(12)5-15/h1-4,7,15H,5-6H2. The van der Waals surface area contributed by atoms with Gasteiger partial charge >= 0.3 is 0 Å². The molecule has 0 unspecified atom stereocenters. The van der Waals surface area contributed by atoms with Crippen LogP contribution < -0.4 is 4.74 Å². The average Bonchev–Trinajstić information content (AvgIpc) is 2.73. The monoisotopic (exact) mass is 316 g/mol. The summed E-state index contributed by atoms with van der Waals surface area (Å²) in [5, 5.41) is 11.1. The Morgan fingerprint density at radius 3 is 2.82 bits per heavy atom. The molecular weight excluding hydrogens is 307 g/mol. The van der Waals surface area contributed by atoms with Crippen molar-refractivity contribution in [2.75, 3.05) is 0 Å². The van der Waals surface area contributed by atoms with Crippen LogP contribution >= 0.6 is 27.3 Å². The zero-order chi connectivity index (χ0) is 12.3. The van der Waals surface area contributed by atoms with Crippen LogP contribution in [0.1, 0.15) is 10.4 Å². The normalized spacial score (nSPS) is 10.5. The largest absolute Gasteiger partial charge is 0.488 e. The van der Waals surface area contributed by atoms with Gasteiger partial charge in [0.05, 0.1) is 6.61 Å². The van der Waals surface area contributed by atoms with Gasteiger partial charge in [0.15, 0.2) is 0 Å². The maximum absolute atomic E-state index is 12.9. The summed E-state index contributed by atoms with van der Waals surface area (Å²) in [7, 11) is 0. The Labute approximate surface area is 111 Å². The summed E-state index contributed by atoms with van der Waals surface area (Å²) in [5.74, 6) is 0.138. The van der Waals surface area contributed by atoms with E-state index in [0.717, 1.165) is 9.35 Å². The second-order valence-electron chi connectivity index (χ2n) is 3.43. The highest BCUT2D eigenvalue weighted by Gasteiger charge is 2.05. The molecule has 0 aliphatic heterocycles. The van der Waals surface area contributed by atoms with Crippen molar-refractivity contribution in [2.45, 2.75) is 13.2 Å². The Morgan fingerprint density at radius 1 is 1.35 bits per heavy atom. The van der Waals surface area contributed by atoms with Gasteiger partial charge in [0.1, 0.15) is 18.2 Å². The molecule has 1 heterocycles. The van der Waals surface area contributed by atoms with Crippen LogP contribution in [0.2, 0.25) is 0 Å². The van der Waals surface area contributed by atoms with Gasteiger partial charge in [-0.05, 0) is 40.2 Å². The highest BCUT2D eigenvalue weighted by atomic mass is 79.9. The number of rotatable bonds is 4. The van der Waals surface area contributed by atoms with Crippen LogP contribution in [0, 0.1) is 5.82 Å². The van der Waals surface area contributed by atoms with E-state index in [1.807, 2.05) is 11.4 Å². The van der Waals surface area contributed by atoms with Crippen molar-refractivity contribution in [1.82, 2.24) is 0 Å². The fourth-order valence-electron chi connectivity index (χ4n) is 1.39. The molecular formula is C12H10BrFO2S. The van der Waals surface area contributed by atoms with Crippen LogP contribution in [-0.2, 0) is 13.2 Å². The first-order chi connectivity index (χ1) is 8.19. The van der Waals surface area contributed by atoms with E-state index in [2.05, 4.69) is 15.9 Å². The van der Waals surface area contributed by atoms with Gasteiger partial charge in [0.25, 0.3) is 0 Å². The Bertz CT molecular complexity index is 513. The van der Waals surface area contributed by atoms with Crippen molar-refractivity contribution in [3.8, 4) is 5.75 Å². The first kappa shape index (κ1) is 12.5. The molecule has 5 heteroatoms. The Balaban J connectivity index is 2.08. The van der Waals surface area contributed by atoms with E-state index in [1.54, 1.807) is 11.3 Å². The lowest BCUT2D eigenvalue weighted by atomic mass is 10.2. The SMILES string of the molecule is OCc1cc(F)ccc1OCc1cc(Br)cs1. The third kappa shape index (κ3) is 3.28. The van der Waals surface area contributed by atoms with E-state index in [4.69, 9.17) is 9.84 Å². The predicted molar refractivity (Wildman–Crippen MR) is 68.7 cm³/mol. The minimum Gasteiger partial charge on any atom is -0.488 e. The summed E-state index contributed by atoms with van der Waals surface area (Å²) in [6, 6.07) is 6.09. The van der Waals surface area contributed by atoms with Crippen molar-refractivity contribution in [3.63, 3.8) is 0 Å². The van der Waals surface area contributed by atoms with Crippen LogP contribution in [0.25, 0.3) is 0 Å². The molecule has 1 aromatic heterocycles. The molecule has 90 valence electrons. The number of halogens is 2. The Morgan fingerprint density at radius 2 is 2.18 bits per heavy atom. The molecule has 2 nitrogen and oxygen atoms in total. The van der Waals surface area contributed by atoms with E-state index in [1.165, 1.54) is 18.2 Å². The highest BCUT2D eigenvalue weighted by Crippen LogP contribution is 2.24. The molecule has 0 aliphatic rings. The van der Waals surface area contributed by atoms with Gasteiger partial charge in [0, 0.05) is 20.3 Å². The first-order valence-corrected chi connectivity index (χ1v) is 6.61. The molecule has 0 aliphatic carbocycles. The Hall–Kier alpha value is -0.910. The van der Waals surface area contributed by atoms with Gasteiger partial charge in [-0.25, -0.2) is 4.39 Å². The fraction of sp³-hybridized carbons (Fsp3) is 0.167. The second-order valence-corrected chi connectivity index (χ2v) is 5.34. The molecule has 0 saturated heterocycles. The molecule has 0 spiro atoms. The molecule has 0 bridgehead atoms. The summed E-state index contributed by atoms with van der Waals surface area (Å²) in [4.78, 5) is 1.06. The first-order valence-electron chi connectivity index (χ1n) is 4.94. The number of aliphatic hydroxyl groups excluding tert-OH is 1. The molecule has 2 rings (SSSR count). The summed E-state index contributed by atoms with van der Waals surface area (Å²) in [5.41, 5.74) is 0.459. The number of hydrogen-bond donors (Lipinski definition) is 1. The molecule has 1 N–H and O–H groups in total. The van der Waals surface area contributed by atoms with Crippen molar-refractivity contribution >= 4 is 27.3 Å². The number of aliphatic hydroxyl groups is 1. The van der Waals surface area contributed by atoms with Gasteiger partial charge < -0.3 is 9.84 Å². The van der Waals surface area contributed by atoms with Gasteiger partial charge in [-0.3, -0.25) is 0 Å². The van der Waals surface area contributed by atoms with Gasteiger partial charge in [0.2, 0.25) is 0 Å². The number of hydrogen-bond acceptors (Lipinski definition) is 3. The molecule has 2 aromatic rings. The van der Waals surface area contributed by atoms with Crippen molar-refractivity contribution in [1.29, 1.82) is 0 Å². The molecule has 0 amide bonds. The summed E-state index contributed by atoms with van der Waals surface area (Å²) in [6.07, 6.45) is 0. The summed E-state index contributed by atoms with van der Waals surface area (Å²) >= 11 is 4.94. The van der Waals surface area contributed by atoms with Gasteiger partial charge in [-0.1, -0.05) is 0 Å². The maximum Gasteiger partial charge on any atom is 0.125 e. The van der Waals surface area contributed by atoms with Gasteiger partial charge in [-0.15, -0.1) is 11.3 Å². The summed E-state index contributed by atoms with van der Waals surface area (Å²) in [6.45, 7) is 0.177. The van der Waals surface area contributed by atoms with E-state index in [0.29, 0.717) is 17.9 Å². The van der Waals surface area contributed by atoms with Crippen LogP contribution in [0.15, 0.2) is 34.1 Å².